The number of rotatable bonds is 4. The van der Waals surface area contributed by atoms with Crippen LogP contribution in [0.15, 0.2) is 43.0 Å². The van der Waals surface area contributed by atoms with Gasteiger partial charge in [0.05, 0.1) is 18.4 Å². The maximum Gasteiger partial charge on any atom is 0.410 e. The Morgan fingerprint density at radius 3 is 2.75 bits per heavy atom. The van der Waals surface area contributed by atoms with Crippen molar-refractivity contribution in [3.63, 3.8) is 0 Å². The lowest BCUT2D eigenvalue weighted by Gasteiger charge is -2.35. The van der Waals surface area contributed by atoms with E-state index in [1.807, 2.05) is 22.9 Å². The first-order chi connectivity index (χ1) is 13.2. The third-order valence-electron chi connectivity index (χ3n) is 4.79. The van der Waals surface area contributed by atoms with Crippen molar-refractivity contribution in [2.45, 2.75) is 51.3 Å². The number of imidazole rings is 1. The molecule has 28 heavy (non-hydrogen) atoms. The van der Waals surface area contributed by atoms with Gasteiger partial charge in [-0.2, -0.15) is 0 Å². The van der Waals surface area contributed by atoms with Gasteiger partial charge in [-0.3, -0.25) is 4.79 Å². The molecule has 1 aliphatic carbocycles. The number of aryl methyl sites for hydroxylation is 1. The molecule has 0 saturated heterocycles. The lowest BCUT2D eigenvalue weighted by Crippen LogP contribution is -2.44. The Morgan fingerprint density at radius 2 is 2.07 bits per heavy atom. The molecule has 1 N–H and O–H groups in total. The van der Waals surface area contributed by atoms with Gasteiger partial charge in [-0.1, -0.05) is 24.3 Å². The molecule has 1 heterocycles. The number of hydrogen-bond donors (Lipinski definition) is 1. The smallest absolute Gasteiger partial charge is 0.410 e. The highest BCUT2D eigenvalue weighted by Gasteiger charge is 2.32. The van der Waals surface area contributed by atoms with E-state index in [0.29, 0.717) is 0 Å². The van der Waals surface area contributed by atoms with Crippen LogP contribution in [-0.4, -0.2) is 45.6 Å². The van der Waals surface area contributed by atoms with E-state index in [1.54, 1.807) is 40.3 Å². The molecular weight excluding hydrogens is 356 g/mol. The first kappa shape index (κ1) is 19.9. The van der Waals surface area contributed by atoms with Gasteiger partial charge in [-0.15, -0.1) is 0 Å². The highest BCUT2D eigenvalue weighted by atomic mass is 16.6. The average molecular weight is 384 g/mol. The number of ether oxygens (including phenoxy) is 1. The molecule has 0 radical (unpaired) electrons. The molecule has 1 aromatic heterocycles. The van der Waals surface area contributed by atoms with Crippen molar-refractivity contribution in [1.29, 1.82) is 0 Å². The van der Waals surface area contributed by atoms with Gasteiger partial charge in [0, 0.05) is 19.4 Å². The van der Waals surface area contributed by atoms with E-state index < -0.39 is 11.7 Å². The fraction of sp³-hybridized carbons (Fsp3) is 0.476. The third kappa shape index (κ3) is 4.71. The van der Waals surface area contributed by atoms with Crippen LogP contribution in [0.1, 0.15) is 50.4 Å². The summed E-state index contributed by atoms with van der Waals surface area (Å²) in [5.74, 6) is -0.222. The minimum Gasteiger partial charge on any atom is -0.444 e. The molecule has 0 spiro atoms. The Morgan fingerprint density at radius 1 is 1.32 bits per heavy atom. The Balaban J connectivity index is 1.74. The van der Waals surface area contributed by atoms with Gasteiger partial charge in [0.25, 0.3) is 0 Å². The van der Waals surface area contributed by atoms with Crippen molar-refractivity contribution < 1.29 is 14.3 Å². The van der Waals surface area contributed by atoms with Crippen molar-refractivity contribution in [3.8, 4) is 0 Å². The fourth-order valence-electron chi connectivity index (χ4n) is 3.54. The van der Waals surface area contributed by atoms with E-state index in [0.717, 1.165) is 18.4 Å². The second kappa shape index (κ2) is 8.04. The summed E-state index contributed by atoms with van der Waals surface area (Å²) in [6.45, 7) is 5.33. The van der Waals surface area contributed by atoms with Gasteiger partial charge < -0.3 is 19.5 Å². The third-order valence-corrected chi connectivity index (χ3v) is 4.79. The molecule has 150 valence electrons. The molecule has 0 saturated carbocycles. The lowest BCUT2D eigenvalue weighted by molar-refractivity contribution is -0.123. The van der Waals surface area contributed by atoms with Crippen LogP contribution in [0.3, 0.4) is 0 Å². The number of aromatic nitrogens is 2. The van der Waals surface area contributed by atoms with Crippen LogP contribution in [0, 0.1) is 0 Å². The van der Waals surface area contributed by atoms with E-state index in [-0.39, 0.29) is 24.5 Å². The number of hydrogen-bond acceptors (Lipinski definition) is 4. The quantitative estimate of drug-likeness (QED) is 0.879. The Kier molecular flexibility index (Phi) is 5.72. The monoisotopic (exact) mass is 384 g/mol. The number of carbonyl (C=O) groups excluding carboxylic acids is 2. The van der Waals surface area contributed by atoms with Gasteiger partial charge >= 0.3 is 6.09 Å². The van der Waals surface area contributed by atoms with Gasteiger partial charge in [0.2, 0.25) is 5.91 Å². The second-order valence-corrected chi connectivity index (χ2v) is 8.20. The SMILES string of the molecule is CN(CC(=O)N[C@H]1c2ccccc2CC[C@H]1n1ccnc1)C(=O)OC(C)(C)C. The molecule has 0 fully saturated rings. The summed E-state index contributed by atoms with van der Waals surface area (Å²) in [5, 5.41) is 3.13. The maximum atomic E-state index is 12.7. The maximum absolute atomic E-state index is 12.7. The summed E-state index contributed by atoms with van der Waals surface area (Å²) in [6, 6.07) is 8.06. The topological polar surface area (TPSA) is 76.5 Å². The molecule has 0 unspecified atom stereocenters. The molecule has 1 aromatic carbocycles. The number of fused-ring (bicyclic) bond motifs is 1. The minimum atomic E-state index is -0.601. The van der Waals surface area contributed by atoms with Crippen molar-refractivity contribution in [1.82, 2.24) is 19.8 Å². The van der Waals surface area contributed by atoms with E-state index >= 15 is 0 Å². The number of nitrogens with zero attached hydrogens (tertiary/aromatic N) is 3. The lowest BCUT2D eigenvalue weighted by atomic mass is 9.84. The van der Waals surface area contributed by atoms with Crippen molar-refractivity contribution >= 4 is 12.0 Å². The summed E-state index contributed by atoms with van der Waals surface area (Å²) in [4.78, 5) is 30.3. The molecule has 7 heteroatoms. The summed E-state index contributed by atoms with van der Waals surface area (Å²) < 4.78 is 7.36. The van der Waals surface area contributed by atoms with Crippen LogP contribution >= 0.6 is 0 Å². The predicted octanol–water partition coefficient (Wildman–Crippen LogP) is 3.09. The Bertz CT molecular complexity index is 826. The van der Waals surface area contributed by atoms with Crippen LogP contribution in [0.25, 0.3) is 0 Å². The zero-order chi connectivity index (χ0) is 20.3. The molecule has 3 rings (SSSR count). The van der Waals surface area contributed by atoms with Crippen LogP contribution in [-0.2, 0) is 16.0 Å². The highest BCUT2D eigenvalue weighted by molar-refractivity contribution is 5.82. The van der Waals surface area contributed by atoms with Crippen LogP contribution in [0.5, 0.6) is 0 Å². The van der Waals surface area contributed by atoms with Gasteiger partial charge in [-0.25, -0.2) is 9.78 Å². The van der Waals surface area contributed by atoms with Crippen LogP contribution in [0.4, 0.5) is 4.79 Å². The fourth-order valence-corrected chi connectivity index (χ4v) is 3.54. The molecular formula is C21H28N4O3. The van der Waals surface area contributed by atoms with Crippen molar-refractivity contribution in [3.05, 3.63) is 54.1 Å². The summed E-state index contributed by atoms with van der Waals surface area (Å²) in [7, 11) is 1.57. The first-order valence-corrected chi connectivity index (χ1v) is 9.53. The Hall–Kier alpha value is -2.83. The summed E-state index contributed by atoms with van der Waals surface area (Å²) in [5.41, 5.74) is 1.75. The molecule has 2 aromatic rings. The van der Waals surface area contributed by atoms with E-state index in [9.17, 15) is 9.59 Å². The Labute approximate surface area is 165 Å². The normalized spacial score (nSPS) is 18.9. The zero-order valence-corrected chi connectivity index (χ0v) is 16.9. The molecule has 2 amide bonds. The molecule has 0 aliphatic heterocycles. The largest absolute Gasteiger partial charge is 0.444 e. The van der Waals surface area contributed by atoms with Crippen LogP contribution < -0.4 is 5.32 Å². The van der Waals surface area contributed by atoms with Gasteiger partial charge in [-0.05, 0) is 44.7 Å². The number of carbonyl (C=O) groups is 2. The zero-order valence-electron chi connectivity index (χ0n) is 16.9. The predicted molar refractivity (Wildman–Crippen MR) is 106 cm³/mol. The first-order valence-electron chi connectivity index (χ1n) is 9.53. The average Bonchev–Trinajstić information content (AvgIpc) is 3.15. The second-order valence-electron chi connectivity index (χ2n) is 8.20. The van der Waals surface area contributed by atoms with Gasteiger partial charge in [0.15, 0.2) is 0 Å². The molecule has 2 atom stereocenters. The number of likely N-dealkylation sites (N-methyl/N-ethyl adjacent to an activating group) is 1. The number of benzene rings is 1. The molecule has 0 bridgehead atoms. The van der Waals surface area contributed by atoms with Crippen molar-refractivity contribution in [2.75, 3.05) is 13.6 Å². The molecule has 7 nitrogen and oxygen atoms in total. The number of nitrogens with one attached hydrogen (secondary N) is 1. The van der Waals surface area contributed by atoms with Gasteiger partial charge in [0.1, 0.15) is 12.1 Å². The van der Waals surface area contributed by atoms with E-state index in [1.165, 1.54) is 10.5 Å². The summed E-state index contributed by atoms with van der Waals surface area (Å²) >= 11 is 0. The standard InChI is InChI=1S/C21H28N4O3/c1-21(2,3)28-20(27)24(4)13-18(26)23-19-16-8-6-5-7-15(16)9-10-17(19)25-12-11-22-14-25/h5-8,11-12,14,17,19H,9-10,13H2,1-4H3,(H,23,26)/t17-,19+/m1/s1. The summed E-state index contributed by atoms with van der Waals surface area (Å²) in [6.07, 6.45) is 6.78. The van der Waals surface area contributed by atoms with Crippen molar-refractivity contribution in [2.24, 2.45) is 0 Å². The minimum absolute atomic E-state index is 0.0652. The van der Waals surface area contributed by atoms with Crippen LogP contribution in [0.2, 0.25) is 0 Å². The van der Waals surface area contributed by atoms with E-state index in [4.69, 9.17) is 4.74 Å². The highest BCUT2D eigenvalue weighted by Crippen LogP contribution is 2.37. The molecule has 1 aliphatic rings. The number of amides is 2. The van der Waals surface area contributed by atoms with E-state index in [2.05, 4.69) is 22.4 Å².